The van der Waals surface area contributed by atoms with Gasteiger partial charge in [-0.15, -0.1) is 12.4 Å². The predicted molar refractivity (Wildman–Crippen MR) is 134 cm³/mol. The van der Waals surface area contributed by atoms with Gasteiger partial charge in [0, 0.05) is 24.2 Å². The molecular weight excluding hydrogens is 466 g/mol. The summed E-state index contributed by atoms with van der Waals surface area (Å²) in [5, 5.41) is 6.29. The van der Waals surface area contributed by atoms with Crippen LogP contribution in [-0.2, 0) is 20.1 Å². The number of hydrogen-bond acceptors (Lipinski definition) is 6. The summed E-state index contributed by atoms with van der Waals surface area (Å²) in [4.78, 5) is 36.3. The number of fused-ring (bicyclic) bond motifs is 2. The number of carbonyl (C=O) groups excluding carboxylic acids is 2. The molecule has 3 aromatic carbocycles. The number of carbonyl (C=O) groups is 2. The smallest absolute Gasteiger partial charge is 0.327 e. The van der Waals surface area contributed by atoms with Crippen LogP contribution in [0.3, 0.4) is 0 Å². The monoisotopic (exact) mass is 489 g/mol. The van der Waals surface area contributed by atoms with Crippen LogP contribution in [0.1, 0.15) is 11.1 Å². The average molecular weight is 490 g/mol. The Hall–Kier alpha value is -3.72. The van der Waals surface area contributed by atoms with Crippen molar-refractivity contribution in [1.29, 1.82) is 0 Å². The number of hydrogen-bond donors (Lipinski definition) is 3. The molecule has 0 bridgehead atoms. The van der Waals surface area contributed by atoms with E-state index in [9.17, 15) is 9.59 Å². The van der Waals surface area contributed by atoms with Crippen LogP contribution in [0.2, 0.25) is 0 Å². The molecule has 4 aromatic rings. The summed E-state index contributed by atoms with van der Waals surface area (Å²) < 4.78 is 6.21. The highest BCUT2D eigenvalue weighted by Gasteiger charge is 2.60. The number of nitrogens with zero attached hydrogens (tertiary/aromatic N) is 2. The van der Waals surface area contributed by atoms with Gasteiger partial charge >= 0.3 is 5.97 Å². The van der Waals surface area contributed by atoms with Crippen LogP contribution in [0.4, 0.5) is 5.69 Å². The highest BCUT2D eigenvalue weighted by molar-refractivity contribution is 6.02. The maximum Gasteiger partial charge on any atom is 0.327 e. The first kappa shape index (κ1) is 23.0. The van der Waals surface area contributed by atoms with Crippen molar-refractivity contribution in [2.24, 2.45) is 0 Å². The molecule has 0 radical (unpaired) electrons. The molecule has 0 spiro atoms. The van der Waals surface area contributed by atoms with Crippen molar-refractivity contribution < 1.29 is 14.3 Å². The number of rotatable bonds is 4. The van der Waals surface area contributed by atoms with Crippen molar-refractivity contribution in [2.75, 3.05) is 18.4 Å². The normalized spacial score (nSPS) is 21.1. The number of aromatic amines is 1. The maximum absolute atomic E-state index is 13.7. The number of amides is 1. The summed E-state index contributed by atoms with van der Waals surface area (Å²) in [5.74, 6) is -0.589. The van der Waals surface area contributed by atoms with Gasteiger partial charge in [-0.25, -0.2) is 9.88 Å². The molecule has 0 saturated carbocycles. The summed E-state index contributed by atoms with van der Waals surface area (Å²) in [7, 11) is 0. The fourth-order valence-electron chi connectivity index (χ4n) is 5.08. The first-order valence-electron chi connectivity index (χ1n) is 11.2. The van der Waals surface area contributed by atoms with Crippen LogP contribution in [0.15, 0.2) is 85.2 Å². The van der Waals surface area contributed by atoms with Gasteiger partial charge in [0.1, 0.15) is 17.6 Å². The Balaban J connectivity index is 0.00000253. The summed E-state index contributed by atoms with van der Waals surface area (Å²) in [6, 6.07) is 23.5. The van der Waals surface area contributed by atoms with E-state index in [2.05, 4.69) is 20.6 Å². The van der Waals surface area contributed by atoms with Gasteiger partial charge in [-0.1, -0.05) is 66.7 Å². The lowest BCUT2D eigenvalue weighted by Crippen LogP contribution is -2.65. The van der Waals surface area contributed by atoms with Gasteiger partial charge in [0.15, 0.2) is 0 Å². The van der Waals surface area contributed by atoms with Gasteiger partial charge in [-0.2, -0.15) is 0 Å². The molecule has 9 heteroatoms. The third-order valence-corrected chi connectivity index (χ3v) is 6.57. The Kier molecular flexibility index (Phi) is 6.02. The van der Waals surface area contributed by atoms with E-state index in [0.717, 1.165) is 16.6 Å². The molecule has 6 rings (SSSR count). The average Bonchev–Trinajstić information content (AvgIpc) is 3.49. The number of halogens is 1. The van der Waals surface area contributed by atoms with Crippen molar-refractivity contribution >= 4 is 41.0 Å². The van der Waals surface area contributed by atoms with E-state index >= 15 is 0 Å². The van der Waals surface area contributed by atoms with Gasteiger partial charge in [-0.05, 0) is 12.1 Å². The van der Waals surface area contributed by atoms with Crippen LogP contribution in [-0.4, -0.2) is 51.9 Å². The molecule has 2 fully saturated rings. The van der Waals surface area contributed by atoms with E-state index in [-0.39, 0.29) is 24.3 Å². The molecule has 178 valence electrons. The van der Waals surface area contributed by atoms with E-state index in [4.69, 9.17) is 4.74 Å². The lowest BCUT2D eigenvalue weighted by atomic mass is 9.90. The Bertz CT molecular complexity index is 1320. The molecule has 3 N–H and O–H groups in total. The highest BCUT2D eigenvalue weighted by Crippen LogP contribution is 2.45. The molecule has 2 aliphatic rings. The second kappa shape index (κ2) is 9.14. The zero-order chi connectivity index (χ0) is 23.1. The standard InChI is InChI=1S/C26H23N5O3.ClH/c32-24(30-20-13-7-12-19-23(20)29-16-28-19)21-14-27-15-22-25(33)34-26(31(21)22,17-8-3-1-4-9-17)18-10-5-2-6-11-18;/h1-13,16,21-22,27H,14-15H2,(H,28,29)(H,30,32);1H. The minimum Gasteiger partial charge on any atom is -0.434 e. The number of nitrogens with one attached hydrogen (secondary N) is 3. The van der Waals surface area contributed by atoms with Crippen molar-refractivity contribution in [1.82, 2.24) is 20.2 Å². The van der Waals surface area contributed by atoms with Gasteiger partial charge in [0.2, 0.25) is 11.6 Å². The Morgan fingerprint density at radius 2 is 1.66 bits per heavy atom. The van der Waals surface area contributed by atoms with Crippen LogP contribution >= 0.6 is 12.4 Å². The largest absolute Gasteiger partial charge is 0.434 e. The van der Waals surface area contributed by atoms with Crippen molar-refractivity contribution in [3.05, 3.63) is 96.3 Å². The van der Waals surface area contributed by atoms with E-state index < -0.39 is 17.8 Å². The number of ether oxygens (including phenoxy) is 1. The molecule has 1 amide bonds. The number of para-hydroxylation sites is 1. The minimum atomic E-state index is -1.22. The van der Waals surface area contributed by atoms with E-state index in [1.165, 1.54) is 0 Å². The Morgan fingerprint density at radius 3 is 2.34 bits per heavy atom. The van der Waals surface area contributed by atoms with E-state index in [1.807, 2.05) is 83.8 Å². The maximum atomic E-state index is 13.7. The summed E-state index contributed by atoms with van der Waals surface area (Å²) in [6.45, 7) is 0.774. The van der Waals surface area contributed by atoms with Crippen LogP contribution in [0.25, 0.3) is 11.0 Å². The third kappa shape index (κ3) is 3.67. The zero-order valence-corrected chi connectivity index (χ0v) is 19.5. The number of benzene rings is 3. The summed E-state index contributed by atoms with van der Waals surface area (Å²) in [6.07, 6.45) is 1.60. The van der Waals surface area contributed by atoms with Gasteiger partial charge < -0.3 is 20.4 Å². The Morgan fingerprint density at radius 1 is 0.971 bits per heavy atom. The molecule has 8 nitrogen and oxygen atoms in total. The van der Waals surface area contributed by atoms with Crippen molar-refractivity contribution in [2.45, 2.75) is 17.8 Å². The van der Waals surface area contributed by atoms with Gasteiger partial charge in [0.05, 0.1) is 17.5 Å². The number of piperazine rings is 1. The number of anilines is 1. The predicted octanol–water partition coefficient (Wildman–Crippen LogP) is 3.02. The number of cyclic esters (lactones) is 1. The highest BCUT2D eigenvalue weighted by atomic mass is 35.5. The second-order valence-electron chi connectivity index (χ2n) is 8.49. The summed E-state index contributed by atoms with van der Waals surface area (Å²) >= 11 is 0. The first-order valence-corrected chi connectivity index (χ1v) is 11.2. The molecular formula is C26H24ClN5O3. The van der Waals surface area contributed by atoms with Crippen molar-refractivity contribution in [3.8, 4) is 0 Å². The molecule has 2 atom stereocenters. The number of aromatic nitrogens is 2. The van der Waals surface area contributed by atoms with Crippen LogP contribution in [0, 0.1) is 0 Å². The van der Waals surface area contributed by atoms with Crippen LogP contribution < -0.4 is 10.6 Å². The third-order valence-electron chi connectivity index (χ3n) is 6.57. The molecule has 2 unspecified atom stereocenters. The quantitative estimate of drug-likeness (QED) is 0.381. The Labute approximate surface area is 208 Å². The molecule has 1 aromatic heterocycles. The van der Waals surface area contributed by atoms with Crippen LogP contribution in [0.5, 0.6) is 0 Å². The second-order valence-corrected chi connectivity index (χ2v) is 8.49. The first-order chi connectivity index (χ1) is 16.7. The fourth-order valence-corrected chi connectivity index (χ4v) is 5.08. The minimum absolute atomic E-state index is 0. The SMILES string of the molecule is Cl.O=C(Nc1cccc2[nH]cnc12)C1CNCC2C(=O)OC(c3ccccc3)(c3ccccc3)N12. The molecule has 3 heterocycles. The molecule has 0 aliphatic carbocycles. The molecule has 35 heavy (non-hydrogen) atoms. The fraction of sp³-hybridized carbons (Fsp3) is 0.192. The molecule has 2 saturated heterocycles. The van der Waals surface area contributed by atoms with E-state index in [1.54, 1.807) is 6.33 Å². The number of esters is 1. The topological polar surface area (TPSA) is 99.3 Å². The van der Waals surface area contributed by atoms with Gasteiger partial charge in [-0.3, -0.25) is 9.59 Å². The van der Waals surface area contributed by atoms with Gasteiger partial charge in [0.25, 0.3) is 0 Å². The lowest BCUT2D eigenvalue weighted by molar-refractivity contribution is -0.152. The number of H-pyrrole nitrogens is 1. The summed E-state index contributed by atoms with van der Waals surface area (Å²) in [5.41, 5.74) is 2.51. The van der Waals surface area contributed by atoms with Crippen molar-refractivity contribution in [3.63, 3.8) is 0 Å². The molecule has 2 aliphatic heterocycles. The lowest BCUT2D eigenvalue weighted by Gasteiger charge is -2.44. The van der Waals surface area contributed by atoms with E-state index in [0.29, 0.717) is 24.3 Å². The zero-order valence-electron chi connectivity index (χ0n) is 18.7. The number of imidazole rings is 1.